The number of hydrogen-bond donors (Lipinski definition) is 2. The molecule has 1 aromatic carbocycles. The quantitative estimate of drug-likeness (QED) is 0.219. The Labute approximate surface area is 216 Å². The van der Waals surface area contributed by atoms with Gasteiger partial charge < -0.3 is 19.8 Å². The minimum absolute atomic E-state index is 0.275. The number of halogens is 1. The second-order valence-electron chi connectivity index (χ2n) is 7.29. The van der Waals surface area contributed by atoms with Crippen molar-refractivity contribution in [2.24, 2.45) is 4.99 Å². The van der Waals surface area contributed by atoms with Crippen LogP contribution >= 0.6 is 32.1 Å². The van der Waals surface area contributed by atoms with Crippen LogP contribution in [-0.4, -0.2) is 44.6 Å². The Balaban J connectivity index is 1.56. The van der Waals surface area contributed by atoms with Crippen LogP contribution in [0, 0.1) is 6.92 Å². The van der Waals surface area contributed by atoms with Gasteiger partial charge in [0.2, 0.25) is 5.13 Å². The Morgan fingerprint density at radius 2 is 2.09 bits per heavy atom. The molecular weight excluding hydrogens is 605 g/mol. The third-order valence-corrected chi connectivity index (χ3v) is 9.25. The van der Waals surface area contributed by atoms with Crippen LogP contribution in [0.1, 0.15) is 33.6 Å². The van der Waals surface area contributed by atoms with Crippen molar-refractivity contribution in [1.29, 1.82) is 0 Å². The van der Waals surface area contributed by atoms with Gasteiger partial charge in [-0.25, -0.2) is 23.2 Å². The highest BCUT2D eigenvalue weighted by Gasteiger charge is 2.19. The number of ether oxygens (including phenoxy) is 1. The summed E-state index contributed by atoms with van der Waals surface area (Å²) in [5.41, 5.74) is 1.49. The van der Waals surface area contributed by atoms with Crippen LogP contribution in [-0.2, 0) is 21.1 Å². The number of hydrogen-bond acceptors (Lipinski definition) is 10. The highest BCUT2D eigenvalue weighted by Crippen LogP contribution is 2.28. The van der Waals surface area contributed by atoms with E-state index in [1.807, 2.05) is 6.08 Å². The highest BCUT2D eigenvalue weighted by molar-refractivity contribution is 14.2. The van der Waals surface area contributed by atoms with Gasteiger partial charge in [-0.15, -0.1) is 0 Å². The number of benzene rings is 1. The molecule has 0 unspecified atom stereocenters. The first-order valence-corrected chi connectivity index (χ1v) is 15.2. The predicted molar refractivity (Wildman–Crippen MR) is 142 cm³/mol. The monoisotopic (exact) mass is 627 g/mol. The van der Waals surface area contributed by atoms with Crippen molar-refractivity contribution < 1.29 is 22.4 Å². The van der Waals surface area contributed by atoms with Crippen molar-refractivity contribution in [3.05, 3.63) is 70.6 Å². The van der Waals surface area contributed by atoms with E-state index in [1.54, 1.807) is 44.3 Å². The molecule has 35 heavy (non-hydrogen) atoms. The summed E-state index contributed by atoms with van der Waals surface area (Å²) in [6.45, 7) is 4.26. The van der Waals surface area contributed by atoms with Gasteiger partial charge in [0, 0.05) is 12.8 Å². The van der Waals surface area contributed by atoms with E-state index in [-0.39, 0.29) is 4.90 Å². The van der Waals surface area contributed by atoms with Crippen LogP contribution in [0.4, 0.5) is 5.13 Å². The average molecular weight is 627 g/mol. The van der Waals surface area contributed by atoms with Crippen LogP contribution in [0.25, 0.3) is 0 Å². The normalized spacial score (nSPS) is 15.0. The number of amidine groups is 1. The van der Waals surface area contributed by atoms with Gasteiger partial charge in [0.1, 0.15) is 10.7 Å². The summed E-state index contributed by atoms with van der Waals surface area (Å²) >= 11 is 0.444. The van der Waals surface area contributed by atoms with E-state index in [0.29, 0.717) is 40.4 Å². The fraction of sp³-hybridized carbons (Fsp3) is 0.227. The molecule has 13 heteroatoms. The number of thiazole rings is 1. The molecule has 3 aromatic rings. The Morgan fingerprint density at radius 1 is 1.31 bits per heavy atom. The molecule has 0 amide bonds. The fourth-order valence-corrected chi connectivity index (χ4v) is 6.92. The lowest BCUT2D eigenvalue weighted by Gasteiger charge is -2.18. The molecule has 0 fully saturated rings. The van der Waals surface area contributed by atoms with Crippen molar-refractivity contribution >= 4 is 60.4 Å². The summed E-state index contributed by atoms with van der Waals surface area (Å²) < 4.78 is 35.7. The van der Waals surface area contributed by atoms with E-state index in [9.17, 15) is 13.2 Å². The van der Waals surface area contributed by atoms with Crippen LogP contribution < -0.4 is 10.6 Å². The fourth-order valence-electron chi connectivity index (χ4n) is 2.97. The third kappa shape index (κ3) is 6.41. The molecule has 1 aliphatic rings. The summed E-state index contributed by atoms with van der Waals surface area (Å²) in [7, 11) is -3.24. The Morgan fingerprint density at radius 3 is 2.74 bits per heavy atom. The van der Waals surface area contributed by atoms with Gasteiger partial charge in [0.15, 0.2) is 25.8 Å². The van der Waals surface area contributed by atoms with Gasteiger partial charge in [-0.2, -0.15) is 4.99 Å². The number of esters is 1. The molecule has 184 valence electrons. The zero-order valence-electron chi connectivity index (χ0n) is 19.0. The second-order valence-corrected chi connectivity index (χ2v) is 13.0. The average Bonchev–Trinajstić information content (AvgIpc) is 3.47. The molecule has 1 aliphatic heterocycles. The molecule has 2 N–H and O–H groups in total. The molecule has 10 nitrogen and oxygen atoms in total. The molecule has 0 saturated carbocycles. The van der Waals surface area contributed by atoms with Crippen LogP contribution in [0.3, 0.4) is 0 Å². The zero-order valence-corrected chi connectivity index (χ0v) is 22.8. The van der Waals surface area contributed by atoms with Gasteiger partial charge in [0.05, 0.1) is 26.9 Å². The zero-order chi connectivity index (χ0) is 25.0. The lowest BCUT2D eigenvalue weighted by Crippen LogP contribution is -2.32. The third-order valence-electron chi connectivity index (χ3n) is 4.64. The number of aliphatic imine (C=N–C) groups is 1. The topological polar surface area (TPSA) is 136 Å². The van der Waals surface area contributed by atoms with E-state index in [1.165, 1.54) is 24.0 Å². The number of aromatic nitrogens is 2. The number of allylic oxidation sites excluding steroid dienone is 1. The molecule has 0 spiro atoms. The maximum absolute atomic E-state index is 12.1. The van der Waals surface area contributed by atoms with E-state index in [2.05, 4.69) is 25.6 Å². The summed E-state index contributed by atoms with van der Waals surface area (Å²) in [6.07, 6.45) is 6.17. The molecule has 0 saturated heterocycles. The summed E-state index contributed by atoms with van der Waals surface area (Å²) in [5, 5.41) is 7.08. The SMILES string of the molecule is CCOC(=O)c1sc(N=C2NC(NCc3ccc(S(C)(=O)=O)cc3)=CC(c3cnco3)=I2)nc1C. The first-order valence-electron chi connectivity index (χ1n) is 10.4. The number of carbonyl (C=O) groups excluding carboxylic acids is 1. The van der Waals surface area contributed by atoms with Crippen molar-refractivity contribution in [3.8, 4) is 0 Å². The molecular formula is C22H22IN5O5S2. The molecule has 4 rings (SSSR count). The Bertz CT molecular complexity index is 1430. The number of sulfone groups is 1. The summed E-state index contributed by atoms with van der Waals surface area (Å²) in [5.74, 6) is 0.955. The van der Waals surface area contributed by atoms with E-state index in [0.717, 1.165) is 12.9 Å². The summed E-state index contributed by atoms with van der Waals surface area (Å²) in [4.78, 5) is 26.0. The van der Waals surface area contributed by atoms with Crippen molar-refractivity contribution in [2.75, 3.05) is 12.9 Å². The first kappa shape index (κ1) is 25.2. The number of carbonyl (C=O) groups is 1. The van der Waals surface area contributed by atoms with Crippen molar-refractivity contribution in [3.63, 3.8) is 0 Å². The number of nitrogens with zero attached hydrogens (tertiary/aromatic N) is 3. The van der Waals surface area contributed by atoms with Crippen molar-refractivity contribution in [2.45, 2.75) is 25.3 Å². The number of rotatable bonds is 8. The van der Waals surface area contributed by atoms with E-state index < -0.39 is 36.5 Å². The Kier molecular flexibility index (Phi) is 7.76. The van der Waals surface area contributed by atoms with E-state index in [4.69, 9.17) is 9.15 Å². The standard InChI is InChI=1S/C22H22IN5O5S2/c1-4-32-20(29)19-13(2)26-22(34-19)28-21-23-16(17-11-24-12-33-17)9-18(27-21)25-10-14-5-7-15(8-6-14)35(3,30)31/h5-9,11-12H,4,10H2,1-3H3,(H2,25,26,27,28). The first-order chi connectivity index (χ1) is 16.7. The van der Waals surface area contributed by atoms with E-state index >= 15 is 0 Å². The van der Waals surface area contributed by atoms with Gasteiger partial charge in [-0.3, -0.25) is 0 Å². The minimum Gasteiger partial charge on any atom is -0.462 e. The maximum atomic E-state index is 12.1. The van der Waals surface area contributed by atoms with Crippen LogP contribution in [0.2, 0.25) is 0 Å². The summed E-state index contributed by atoms with van der Waals surface area (Å²) in [6, 6.07) is 6.72. The smallest absolute Gasteiger partial charge is 0.350 e. The van der Waals surface area contributed by atoms with Gasteiger partial charge >= 0.3 is 5.97 Å². The largest absolute Gasteiger partial charge is 0.462 e. The minimum atomic E-state index is -3.24. The molecule has 0 atom stereocenters. The molecule has 0 aliphatic carbocycles. The lowest BCUT2D eigenvalue weighted by molar-refractivity contribution is 0.0531. The predicted octanol–water partition coefficient (Wildman–Crippen LogP) is 3.43. The Hall–Kier alpha value is -2.91. The molecule has 0 radical (unpaired) electrons. The van der Waals surface area contributed by atoms with Crippen molar-refractivity contribution in [1.82, 2.24) is 20.6 Å². The van der Waals surface area contributed by atoms with Gasteiger partial charge in [0.25, 0.3) is 0 Å². The number of nitrogens with one attached hydrogen (secondary N) is 2. The van der Waals surface area contributed by atoms with Gasteiger partial charge in [-0.05, 0) is 58.4 Å². The number of aryl methyl sites for hydroxylation is 1. The maximum Gasteiger partial charge on any atom is 0.350 e. The second kappa shape index (κ2) is 10.8. The van der Waals surface area contributed by atoms with Crippen LogP contribution in [0.5, 0.6) is 0 Å². The molecule has 2 aromatic heterocycles. The molecule has 0 bridgehead atoms. The van der Waals surface area contributed by atoms with Crippen LogP contribution in [0.15, 0.2) is 63.1 Å². The number of oxazole rings is 1. The molecule has 3 heterocycles. The lowest BCUT2D eigenvalue weighted by atomic mass is 10.2. The highest BCUT2D eigenvalue weighted by atomic mass is 127. The van der Waals surface area contributed by atoms with Gasteiger partial charge in [-0.1, -0.05) is 23.5 Å².